The molecule has 0 aliphatic heterocycles. The lowest BCUT2D eigenvalue weighted by molar-refractivity contribution is -0.141. The smallest absolute Gasteiger partial charge is 0.310 e. The molecule has 0 unspecified atom stereocenters. The van der Waals surface area contributed by atoms with Crippen LogP contribution in [-0.4, -0.2) is 12.6 Å². The fourth-order valence-electron chi connectivity index (χ4n) is 2.04. The first-order valence-electron chi connectivity index (χ1n) is 7.24. The highest BCUT2D eigenvalue weighted by molar-refractivity contribution is 5.73. The van der Waals surface area contributed by atoms with Gasteiger partial charge in [-0.1, -0.05) is 73.7 Å². The summed E-state index contributed by atoms with van der Waals surface area (Å²) in [4.78, 5) is 11.7. The summed E-state index contributed by atoms with van der Waals surface area (Å²) in [5.41, 5.74) is 3.30. The highest BCUT2D eigenvalue weighted by atomic mass is 16.5. The third kappa shape index (κ3) is 4.92. The molecule has 108 valence electrons. The molecular formula is C19H20O2. The van der Waals surface area contributed by atoms with Crippen LogP contribution in [0.3, 0.4) is 0 Å². The quantitative estimate of drug-likeness (QED) is 0.579. The molecule has 0 aromatic heterocycles. The fraction of sp³-hybridized carbons (Fsp3) is 0.211. The van der Waals surface area contributed by atoms with E-state index in [0.29, 0.717) is 13.0 Å². The average molecular weight is 280 g/mol. The highest BCUT2D eigenvalue weighted by Crippen LogP contribution is 2.19. The molecule has 0 atom stereocenters. The summed E-state index contributed by atoms with van der Waals surface area (Å²) in [6, 6.07) is 18.2. The molecule has 2 nitrogen and oxygen atoms in total. The minimum Gasteiger partial charge on any atom is -0.461 e. The van der Waals surface area contributed by atoms with Crippen molar-refractivity contribution in [2.75, 3.05) is 6.61 Å². The third-order valence-corrected chi connectivity index (χ3v) is 3.15. The number of carbonyl (C=O) groups is 1. The van der Waals surface area contributed by atoms with Crippen LogP contribution in [0.15, 0.2) is 66.7 Å². The van der Waals surface area contributed by atoms with Crippen LogP contribution < -0.4 is 0 Å². The summed E-state index contributed by atoms with van der Waals surface area (Å²) >= 11 is 0. The van der Waals surface area contributed by atoms with Gasteiger partial charge in [-0.2, -0.15) is 0 Å². The van der Waals surface area contributed by atoms with E-state index in [1.165, 1.54) is 5.56 Å². The first-order valence-corrected chi connectivity index (χ1v) is 7.24. The maximum atomic E-state index is 11.7. The number of hydrogen-bond acceptors (Lipinski definition) is 2. The van der Waals surface area contributed by atoms with Crippen molar-refractivity contribution in [1.29, 1.82) is 0 Å². The maximum absolute atomic E-state index is 11.7. The molecule has 21 heavy (non-hydrogen) atoms. The molecule has 0 fully saturated rings. The van der Waals surface area contributed by atoms with Crippen molar-refractivity contribution in [3.8, 4) is 11.1 Å². The van der Waals surface area contributed by atoms with Crippen molar-refractivity contribution in [3.05, 3.63) is 72.3 Å². The van der Waals surface area contributed by atoms with E-state index in [1.807, 2.05) is 61.5 Å². The summed E-state index contributed by atoms with van der Waals surface area (Å²) in [6.45, 7) is 2.40. The van der Waals surface area contributed by atoms with Crippen molar-refractivity contribution in [1.82, 2.24) is 0 Å². The van der Waals surface area contributed by atoms with Crippen LogP contribution in [0, 0.1) is 0 Å². The Morgan fingerprint density at radius 2 is 1.62 bits per heavy atom. The van der Waals surface area contributed by atoms with Gasteiger partial charge in [-0.15, -0.1) is 0 Å². The minimum atomic E-state index is -0.191. The lowest BCUT2D eigenvalue weighted by atomic mass is 10.0. The summed E-state index contributed by atoms with van der Waals surface area (Å²) in [6.07, 6.45) is 5.13. The van der Waals surface area contributed by atoms with Gasteiger partial charge in [0.1, 0.15) is 6.61 Å². The molecule has 0 bridgehead atoms. The number of esters is 1. The first-order chi connectivity index (χ1) is 10.3. The molecule has 0 aliphatic rings. The second-order valence-electron chi connectivity index (χ2n) is 4.80. The molecule has 0 N–H and O–H groups in total. The number of benzene rings is 2. The molecule has 2 aromatic carbocycles. The van der Waals surface area contributed by atoms with Gasteiger partial charge in [0.2, 0.25) is 0 Å². The molecule has 0 heterocycles. The molecule has 0 radical (unpaired) electrons. The van der Waals surface area contributed by atoms with Crippen LogP contribution >= 0.6 is 0 Å². The van der Waals surface area contributed by atoms with Gasteiger partial charge in [-0.25, -0.2) is 0 Å². The number of allylic oxidation sites excluding steroid dienone is 1. The van der Waals surface area contributed by atoms with E-state index < -0.39 is 0 Å². The largest absolute Gasteiger partial charge is 0.461 e. The van der Waals surface area contributed by atoms with Crippen LogP contribution in [0.4, 0.5) is 0 Å². The van der Waals surface area contributed by atoms with Gasteiger partial charge in [-0.3, -0.25) is 4.79 Å². The maximum Gasteiger partial charge on any atom is 0.310 e. The van der Waals surface area contributed by atoms with Crippen molar-refractivity contribution in [2.24, 2.45) is 0 Å². The highest BCUT2D eigenvalue weighted by Gasteiger charge is 2.04. The summed E-state index contributed by atoms with van der Waals surface area (Å²) in [5, 5.41) is 0. The van der Waals surface area contributed by atoms with E-state index >= 15 is 0 Å². The Hall–Kier alpha value is -2.35. The van der Waals surface area contributed by atoms with Gasteiger partial charge in [-0.05, 0) is 23.1 Å². The number of rotatable bonds is 6. The van der Waals surface area contributed by atoms with Gasteiger partial charge in [0.15, 0.2) is 0 Å². The van der Waals surface area contributed by atoms with E-state index in [4.69, 9.17) is 4.74 Å². The van der Waals surface area contributed by atoms with Crippen LogP contribution in [-0.2, 0) is 16.0 Å². The Morgan fingerprint density at radius 1 is 0.952 bits per heavy atom. The normalized spacial score (nSPS) is 10.7. The molecule has 2 heteroatoms. The molecule has 0 spiro atoms. The lowest BCUT2D eigenvalue weighted by Crippen LogP contribution is -2.07. The molecular weight excluding hydrogens is 260 g/mol. The Balaban J connectivity index is 1.91. The van der Waals surface area contributed by atoms with Crippen molar-refractivity contribution >= 4 is 5.97 Å². The third-order valence-electron chi connectivity index (χ3n) is 3.15. The predicted molar refractivity (Wildman–Crippen MR) is 86.0 cm³/mol. The van der Waals surface area contributed by atoms with E-state index in [0.717, 1.165) is 17.5 Å². The topological polar surface area (TPSA) is 26.3 Å². The van der Waals surface area contributed by atoms with Crippen molar-refractivity contribution < 1.29 is 9.53 Å². The number of ether oxygens (including phenoxy) is 1. The second kappa shape index (κ2) is 8.05. The zero-order valence-corrected chi connectivity index (χ0v) is 12.3. The van der Waals surface area contributed by atoms with Crippen molar-refractivity contribution in [2.45, 2.75) is 19.8 Å². The standard InChI is InChI=1S/C19H20O2/c1-2-3-7-14-21-19(20)15-16-10-12-18(13-11-16)17-8-5-4-6-9-17/h3-13H,2,14-15H2,1H3. The summed E-state index contributed by atoms with van der Waals surface area (Å²) in [7, 11) is 0. The summed E-state index contributed by atoms with van der Waals surface area (Å²) in [5.74, 6) is -0.191. The predicted octanol–water partition coefficient (Wildman–Crippen LogP) is 4.41. The second-order valence-corrected chi connectivity index (χ2v) is 4.80. The Kier molecular flexibility index (Phi) is 5.77. The molecule has 2 aromatic rings. The summed E-state index contributed by atoms with van der Waals surface area (Å²) < 4.78 is 5.14. The van der Waals surface area contributed by atoms with E-state index in [-0.39, 0.29) is 5.97 Å². The van der Waals surface area contributed by atoms with Gasteiger partial charge in [0, 0.05) is 0 Å². The molecule has 0 saturated carbocycles. The lowest BCUT2D eigenvalue weighted by Gasteiger charge is -2.05. The zero-order valence-electron chi connectivity index (χ0n) is 12.3. The monoisotopic (exact) mass is 280 g/mol. The van der Waals surface area contributed by atoms with E-state index in [9.17, 15) is 4.79 Å². The first kappa shape index (κ1) is 15.0. The van der Waals surface area contributed by atoms with Gasteiger partial charge in [0.25, 0.3) is 0 Å². The number of hydrogen-bond donors (Lipinski definition) is 0. The van der Waals surface area contributed by atoms with Crippen LogP contribution in [0.5, 0.6) is 0 Å². The Bertz CT molecular complexity index is 583. The van der Waals surface area contributed by atoms with Gasteiger partial charge in [0.05, 0.1) is 6.42 Å². The molecule has 0 amide bonds. The van der Waals surface area contributed by atoms with E-state index in [1.54, 1.807) is 0 Å². The van der Waals surface area contributed by atoms with Gasteiger partial charge < -0.3 is 4.74 Å². The zero-order chi connectivity index (χ0) is 14.9. The Labute approximate surface area is 126 Å². The molecule has 2 rings (SSSR count). The Morgan fingerprint density at radius 3 is 2.29 bits per heavy atom. The van der Waals surface area contributed by atoms with Crippen LogP contribution in [0.2, 0.25) is 0 Å². The average Bonchev–Trinajstić information content (AvgIpc) is 2.53. The minimum absolute atomic E-state index is 0.191. The van der Waals surface area contributed by atoms with Crippen LogP contribution in [0.25, 0.3) is 11.1 Å². The van der Waals surface area contributed by atoms with E-state index in [2.05, 4.69) is 12.1 Å². The fourth-order valence-corrected chi connectivity index (χ4v) is 2.04. The van der Waals surface area contributed by atoms with Crippen LogP contribution in [0.1, 0.15) is 18.9 Å². The molecule has 0 aliphatic carbocycles. The van der Waals surface area contributed by atoms with Crippen molar-refractivity contribution in [3.63, 3.8) is 0 Å². The van der Waals surface area contributed by atoms with Gasteiger partial charge >= 0.3 is 5.97 Å². The number of carbonyl (C=O) groups excluding carboxylic acids is 1. The molecule has 0 saturated heterocycles. The SMILES string of the molecule is CCC=CCOC(=O)Cc1ccc(-c2ccccc2)cc1.